The molecular formula is C17H20FN3O6S. The monoisotopic (exact) mass is 413 g/mol. The molecule has 0 aliphatic rings. The fraction of sp³-hybridized carbons (Fsp3) is 0.353. The van der Waals surface area contributed by atoms with Crippen LogP contribution in [0, 0.1) is 5.82 Å². The minimum absolute atomic E-state index is 0.0230. The fourth-order valence-electron chi connectivity index (χ4n) is 2.60. The fourth-order valence-corrected chi connectivity index (χ4v) is 3.45. The zero-order valence-electron chi connectivity index (χ0n) is 15.5. The summed E-state index contributed by atoms with van der Waals surface area (Å²) in [6.45, 7) is 0.849. The van der Waals surface area contributed by atoms with E-state index in [0.29, 0.717) is 0 Å². The number of amides is 1. The summed E-state index contributed by atoms with van der Waals surface area (Å²) >= 11 is 0. The van der Waals surface area contributed by atoms with Crippen LogP contribution in [0.25, 0.3) is 11.1 Å². The van der Waals surface area contributed by atoms with Gasteiger partial charge in [0.1, 0.15) is 5.82 Å². The minimum Gasteiger partial charge on any atom is -0.481 e. The second kappa shape index (κ2) is 8.07. The average molecular weight is 413 g/mol. The number of carbonyl (C=O) groups is 1. The van der Waals surface area contributed by atoms with Crippen molar-refractivity contribution < 1.29 is 27.5 Å². The third kappa shape index (κ3) is 4.04. The first-order valence-corrected chi connectivity index (χ1v) is 9.98. The van der Waals surface area contributed by atoms with E-state index in [4.69, 9.17) is 9.94 Å². The van der Waals surface area contributed by atoms with Gasteiger partial charge < -0.3 is 9.30 Å². The lowest BCUT2D eigenvalue weighted by atomic mass is 10.1. The Bertz CT molecular complexity index is 1050. The molecule has 28 heavy (non-hydrogen) atoms. The number of hydrogen-bond donors (Lipinski definition) is 2. The van der Waals surface area contributed by atoms with Gasteiger partial charge in [-0.15, -0.1) is 0 Å². The number of hydrogen-bond acceptors (Lipinski definition) is 7. The lowest BCUT2D eigenvalue weighted by Crippen LogP contribution is -2.50. The smallest absolute Gasteiger partial charge is 0.264 e. The topological polar surface area (TPSA) is 128 Å². The van der Waals surface area contributed by atoms with E-state index >= 15 is 0 Å². The number of pyridine rings is 2. The molecule has 0 spiro atoms. The van der Waals surface area contributed by atoms with Crippen LogP contribution in [0.2, 0.25) is 0 Å². The molecule has 0 aliphatic carbocycles. The van der Waals surface area contributed by atoms with Crippen LogP contribution >= 0.6 is 0 Å². The van der Waals surface area contributed by atoms with Crippen LogP contribution in [0.3, 0.4) is 0 Å². The standard InChI is InChI=1S/C17H20FN3O6S/c1-17(16(23)20-24,28(3,25)26)6-8-21-10-13(18)12(9-14(21)22)11-5-4-7-19-15(11)27-2/h4-5,7,9-10,24H,6,8H2,1-3H3,(H,20,23). The zero-order chi connectivity index (χ0) is 21.1. The molecule has 0 aromatic carbocycles. The van der Waals surface area contributed by atoms with Gasteiger partial charge in [0.05, 0.1) is 7.11 Å². The molecule has 0 saturated carbocycles. The third-order valence-corrected chi connectivity index (χ3v) is 6.59. The number of sulfone groups is 1. The van der Waals surface area contributed by atoms with Gasteiger partial charge in [0, 0.05) is 42.4 Å². The highest BCUT2D eigenvalue weighted by Crippen LogP contribution is 2.29. The second-order valence-electron chi connectivity index (χ2n) is 6.32. The molecule has 2 aromatic rings. The number of ether oxygens (including phenoxy) is 1. The Balaban J connectivity index is 2.41. The number of rotatable bonds is 7. The summed E-state index contributed by atoms with van der Waals surface area (Å²) in [5, 5.41) is 8.83. The van der Waals surface area contributed by atoms with Gasteiger partial charge in [0.25, 0.3) is 11.5 Å². The first-order chi connectivity index (χ1) is 13.0. The van der Waals surface area contributed by atoms with Crippen molar-refractivity contribution >= 4 is 15.7 Å². The van der Waals surface area contributed by atoms with Crippen molar-refractivity contribution in [1.82, 2.24) is 15.0 Å². The maximum absolute atomic E-state index is 14.6. The predicted octanol–water partition coefficient (Wildman–Crippen LogP) is 0.757. The van der Waals surface area contributed by atoms with Crippen molar-refractivity contribution in [3.63, 3.8) is 0 Å². The lowest BCUT2D eigenvalue weighted by Gasteiger charge is -2.25. The van der Waals surface area contributed by atoms with Gasteiger partial charge in [-0.1, -0.05) is 0 Å². The SMILES string of the molecule is COc1ncccc1-c1cc(=O)n(CCC(C)(C(=O)NO)S(C)(=O)=O)cc1F. The maximum atomic E-state index is 14.6. The Morgan fingerprint density at radius 1 is 1.43 bits per heavy atom. The van der Waals surface area contributed by atoms with E-state index in [9.17, 15) is 22.4 Å². The van der Waals surface area contributed by atoms with Crippen molar-refractivity contribution in [1.29, 1.82) is 0 Å². The predicted molar refractivity (Wildman–Crippen MR) is 98.2 cm³/mol. The highest BCUT2D eigenvalue weighted by atomic mass is 32.2. The highest BCUT2D eigenvalue weighted by Gasteiger charge is 2.43. The van der Waals surface area contributed by atoms with Gasteiger partial charge in [-0.25, -0.2) is 23.3 Å². The molecule has 152 valence electrons. The Morgan fingerprint density at radius 3 is 2.68 bits per heavy atom. The third-order valence-electron chi connectivity index (χ3n) is 4.56. The molecule has 0 saturated heterocycles. The largest absolute Gasteiger partial charge is 0.481 e. The molecule has 2 aromatic heterocycles. The number of nitrogens with zero attached hydrogens (tertiary/aromatic N) is 2. The van der Waals surface area contributed by atoms with Gasteiger partial charge in [-0.3, -0.25) is 14.8 Å². The van der Waals surface area contributed by atoms with E-state index in [-0.39, 0.29) is 30.0 Å². The van der Waals surface area contributed by atoms with Crippen LogP contribution in [0.4, 0.5) is 4.39 Å². The normalized spacial score (nSPS) is 13.6. The zero-order valence-corrected chi connectivity index (χ0v) is 16.3. The van der Waals surface area contributed by atoms with Crippen LogP contribution in [0.1, 0.15) is 13.3 Å². The van der Waals surface area contributed by atoms with Crippen molar-refractivity contribution in [3.05, 3.63) is 46.8 Å². The Morgan fingerprint density at radius 2 is 2.11 bits per heavy atom. The molecule has 9 nitrogen and oxygen atoms in total. The molecule has 1 unspecified atom stereocenters. The number of aryl methyl sites for hydroxylation is 1. The maximum Gasteiger partial charge on any atom is 0.264 e. The molecule has 1 amide bonds. The second-order valence-corrected chi connectivity index (χ2v) is 8.77. The highest BCUT2D eigenvalue weighted by molar-refractivity contribution is 7.92. The molecule has 1 atom stereocenters. The van der Waals surface area contributed by atoms with Gasteiger partial charge in [0.15, 0.2) is 14.6 Å². The molecular weight excluding hydrogens is 393 g/mol. The van der Waals surface area contributed by atoms with Gasteiger partial charge in [-0.05, 0) is 25.5 Å². The van der Waals surface area contributed by atoms with E-state index in [1.54, 1.807) is 12.1 Å². The molecule has 11 heteroatoms. The van der Waals surface area contributed by atoms with E-state index in [0.717, 1.165) is 30.0 Å². The van der Waals surface area contributed by atoms with Crippen molar-refractivity contribution in [2.75, 3.05) is 13.4 Å². The summed E-state index contributed by atoms with van der Waals surface area (Å²) in [6, 6.07) is 4.15. The minimum atomic E-state index is -3.94. The van der Waals surface area contributed by atoms with Crippen molar-refractivity contribution in [2.45, 2.75) is 24.6 Å². The van der Waals surface area contributed by atoms with Gasteiger partial charge >= 0.3 is 0 Å². The number of carbonyl (C=O) groups excluding carboxylic acids is 1. The van der Waals surface area contributed by atoms with Crippen LogP contribution in [0.5, 0.6) is 5.88 Å². The first-order valence-electron chi connectivity index (χ1n) is 8.08. The van der Waals surface area contributed by atoms with Crippen LogP contribution in [0.15, 0.2) is 35.4 Å². The quantitative estimate of drug-likeness (QED) is 0.507. The van der Waals surface area contributed by atoms with Gasteiger partial charge in [0.2, 0.25) is 5.88 Å². The summed E-state index contributed by atoms with van der Waals surface area (Å²) in [5.41, 5.74) is 0.970. The van der Waals surface area contributed by atoms with Crippen LogP contribution in [-0.2, 0) is 21.2 Å². The molecule has 0 bridgehead atoms. The van der Waals surface area contributed by atoms with E-state index in [1.807, 2.05) is 0 Å². The van der Waals surface area contributed by atoms with Gasteiger partial charge in [-0.2, -0.15) is 0 Å². The summed E-state index contributed by atoms with van der Waals surface area (Å²) < 4.78 is 42.6. The molecule has 2 rings (SSSR count). The summed E-state index contributed by atoms with van der Waals surface area (Å²) in [5.74, 6) is -1.75. The average Bonchev–Trinajstić information content (AvgIpc) is 2.66. The summed E-state index contributed by atoms with van der Waals surface area (Å²) in [4.78, 5) is 28.2. The van der Waals surface area contributed by atoms with E-state index in [2.05, 4.69) is 4.98 Å². The molecule has 0 radical (unpaired) electrons. The molecule has 0 aliphatic heterocycles. The lowest BCUT2D eigenvalue weighted by molar-refractivity contribution is -0.131. The van der Waals surface area contributed by atoms with Crippen molar-refractivity contribution in [3.8, 4) is 17.0 Å². The summed E-state index contributed by atoms with van der Waals surface area (Å²) in [7, 11) is -2.57. The number of hydroxylamine groups is 1. The Hall–Kier alpha value is -2.79. The van der Waals surface area contributed by atoms with Crippen LogP contribution < -0.4 is 15.8 Å². The first kappa shape index (κ1) is 21.5. The number of halogens is 1. The van der Waals surface area contributed by atoms with Crippen molar-refractivity contribution in [2.24, 2.45) is 0 Å². The molecule has 2 heterocycles. The summed E-state index contributed by atoms with van der Waals surface area (Å²) in [6.07, 6.45) is 2.86. The Labute approximate surface area is 160 Å². The Kier molecular flexibility index (Phi) is 6.20. The molecule has 0 fully saturated rings. The number of aromatic nitrogens is 2. The van der Waals surface area contributed by atoms with E-state index < -0.39 is 31.9 Å². The van der Waals surface area contributed by atoms with E-state index in [1.165, 1.54) is 18.8 Å². The molecule has 2 N–H and O–H groups in total. The van der Waals surface area contributed by atoms with Crippen LogP contribution in [-0.4, -0.2) is 47.2 Å². The number of nitrogens with one attached hydrogen (secondary N) is 1. The number of methoxy groups -OCH3 is 1.